The fourth-order valence-corrected chi connectivity index (χ4v) is 6.58. The standard InChI is InChI=1S/C33H50F2O4/c1-5-7-8-9-24-10-12-26(13-11-24)27-14-17-30(18-15-27)39-33(34,35)31-19-16-28(20-25(31)6-2)29(21-36)22-38-32(37)23(3)4/h16,19-20,24,26-27,29-30,36H,3,5-15,17-18,21-22H2,1-2,4H3. The van der Waals surface area contributed by atoms with Crippen molar-refractivity contribution in [2.24, 2.45) is 17.8 Å². The second-order valence-electron chi connectivity index (χ2n) is 12.0. The molecule has 0 aromatic heterocycles. The van der Waals surface area contributed by atoms with Crippen molar-refractivity contribution in [1.29, 1.82) is 0 Å². The Morgan fingerprint density at radius 2 is 1.69 bits per heavy atom. The zero-order chi connectivity index (χ0) is 28.4. The number of alkyl halides is 2. The number of hydrogen-bond acceptors (Lipinski definition) is 4. The molecule has 1 aromatic carbocycles. The van der Waals surface area contributed by atoms with E-state index in [2.05, 4.69) is 13.5 Å². The average Bonchev–Trinajstić information content (AvgIpc) is 2.93. The second-order valence-corrected chi connectivity index (χ2v) is 12.0. The van der Waals surface area contributed by atoms with Crippen LogP contribution in [0.3, 0.4) is 0 Å². The number of carbonyl (C=O) groups is 1. The Morgan fingerprint density at radius 3 is 2.26 bits per heavy atom. The lowest BCUT2D eigenvalue weighted by atomic mass is 9.70. The maximum Gasteiger partial charge on any atom is 0.383 e. The van der Waals surface area contributed by atoms with Crippen LogP contribution in [0.2, 0.25) is 0 Å². The van der Waals surface area contributed by atoms with E-state index in [9.17, 15) is 9.90 Å². The lowest BCUT2D eigenvalue weighted by Crippen LogP contribution is -2.33. The molecule has 0 spiro atoms. The Morgan fingerprint density at radius 1 is 1.05 bits per heavy atom. The van der Waals surface area contributed by atoms with Crippen LogP contribution in [0, 0.1) is 17.8 Å². The molecule has 0 bridgehead atoms. The number of rotatable bonds is 14. The number of hydrogen-bond donors (Lipinski definition) is 1. The van der Waals surface area contributed by atoms with E-state index in [0.29, 0.717) is 36.3 Å². The zero-order valence-electron chi connectivity index (χ0n) is 24.4. The van der Waals surface area contributed by atoms with Gasteiger partial charge < -0.3 is 14.6 Å². The van der Waals surface area contributed by atoms with Crippen molar-refractivity contribution in [2.75, 3.05) is 13.2 Å². The van der Waals surface area contributed by atoms with E-state index in [-0.39, 0.29) is 24.4 Å². The summed E-state index contributed by atoms with van der Waals surface area (Å²) in [4.78, 5) is 11.7. The van der Waals surface area contributed by atoms with Crippen LogP contribution >= 0.6 is 0 Å². The highest BCUT2D eigenvalue weighted by Crippen LogP contribution is 2.43. The maximum absolute atomic E-state index is 15.4. The molecule has 6 heteroatoms. The second kappa shape index (κ2) is 15.3. The highest BCUT2D eigenvalue weighted by molar-refractivity contribution is 5.86. The van der Waals surface area contributed by atoms with E-state index in [0.717, 1.165) is 24.7 Å². The number of ether oxygens (including phenoxy) is 2. The molecule has 1 aromatic rings. The number of esters is 1. The molecule has 1 N–H and O–H groups in total. The van der Waals surface area contributed by atoms with Gasteiger partial charge in [0, 0.05) is 11.5 Å². The van der Waals surface area contributed by atoms with Crippen molar-refractivity contribution in [3.05, 3.63) is 47.0 Å². The topological polar surface area (TPSA) is 55.8 Å². The molecule has 0 heterocycles. The molecule has 1 atom stereocenters. The van der Waals surface area contributed by atoms with Crippen LogP contribution in [0.15, 0.2) is 30.4 Å². The lowest BCUT2D eigenvalue weighted by molar-refractivity contribution is -0.278. The number of unbranched alkanes of at least 4 members (excludes halogenated alkanes) is 2. The number of carbonyl (C=O) groups excluding carboxylic acids is 1. The highest BCUT2D eigenvalue weighted by Gasteiger charge is 2.40. The van der Waals surface area contributed by atoms with Gasteiger partial charge in [0.05, 0.1) is 18.3 Å². The van der Waals surface area contributed by atoms with Gasteiger partial charge in [0.1, 0.15) is 6.61 Å². The van der Waals surface area contributed by atoms with E-state index in [1.807, 2.05) is 6.92 Å². The molecular formula is C33H50F2O4. The Hall–Kier alpha value is -1.79. The minimum atomic E-state index is -3.38. The summed E-state index contributed by atoms with van der Waals surface area (Å²) in [6, 6.07) is 4.66. The molecule has 2 fully saturated rings. The first-order valence-corrected chi connectivity index (χ1v) is 15.3. The molecule has 0 saturated heterocycles. The normalized spacial score (nSPS) is 24.8. The van der Waals surface area contributed by atoms with Crippen molar-refractivity contribution < 1.29 is 28.2 Å². The minimum absolute atomic E-state index is 0.0403. The number of aliphatic hydroxyl groups is 1. The Bertz CT molecular complexity index is 914. The summed E-state index contributed by atoms with van der Waals surface area (Å²) in [5, 5.41) is 9.83. The van der Waals surface area contributed by atoms with E-state index in [1.54, 1.807) is 19.1 Å². The largest absolute Gasteiger partial charge is 0.462 e. The van der Waals surface area contributed by atoms with Crippen LogP contribution in [-0.4, -0.2) is 30.4 Å². The molecule has 0 aliphatic heterocycles. The van der Waals surface area contributed by atoms with Crippen LogP contribution in [-0.2, 0) is 26.8 Å². The first-order chi connectivity index (χ1) is 18.7. The van der Waals surface area contributed by atoms with Crippen LogP contribution in [0.4, 0.5) is 8.78 Å². The molecule has 220 valence electrons. The summed E-state index contributed by atoms with van der Waals surface area (Å²) in [6.07, 6.45) is 10.6. The van der Waals surface area contributed by atoms with Gasteiger partial charge in [-0.05, 0) is 86.8 Å². The quantitative estimate of drug-likeness (QED) is 0.144. The smallest absolute Gasteiger partial charge is 0.383 e. The van der Waals surface area contributed by atoms with Gasteiger partial charge in [-0.3, -0.25) is 0 Å². The third-order valence-corrected chi connectivity index (χ3v) is 9.09. The molecule has 0 amide bonds. The van der Waals surface area contributed by atoms with Crippen molar-refractivity contribution in [2.45, 2.75) is 122 Å². The van der Waals surface area contributed by atoms with Crippen molar-refractivity contribution >= 4 is 5.97 Å². The van der Waals surface area contributed by atoms with Crippen molar-refractivity contribution in [1.82, 2.24) is 0 Å². The Kier molecular flexibility index (Phi) is 12.4. The third kappa shape index (κ3) is 9.11. The van der Waals surface area contributed by atoms with Gasteiger partial charge in [0.15, 0.2) is 0 Å². The van der Waals surface area contributed by atoms with Crippen LogP contribution in [0.5, 0.6) is 0 Å². The maximum atomic E-state index is 15.4. The van der Waals surface area contributed by atoms with Gasteiger partial charge in [-0.1, -0.05) is 71.1 Å². The van der Waals surface area contributed by atoms with Gasteiger partial charge in [0.2, 0.25) is 0 Å². The summed E-state index contributed by atoms with van der Waals surface area (Å²) < 4.78 is 41.5. The number of aryl methyl sites for hydroxylation is 1. The molecule has 4 nitrogen and oxygen atoms in total. The predicted octanol–water partition coefficient (Wildman–Crippen LogP) is 8.46. The molecule has 39 heavy (non-hydrogen) atoms. The number of benzene rings is 1. The van der Waals surface area contributed by atoms with E-state index >= 15 is 8.78 Å². The average molecular weight is 549 g/mol. The summed E-state index contributed by atoms with van der Waals surface area (Å²) >= 11 is 0. The van der Waals surface area contributed by atoms with Crippen molar-refractivity contribution in [3.8, 4) is 0 Å². The summed E-state index contributed by atoms with van der Waals surface area (Å²) in [6.45, 7) is 8.89. The first-order valence-electron chi connectivity index (χ1n) is 15.3. The number of aliphatic hydroxyl groups excluding tert-OH is 1. The molecule has 3 rings (SSSR count). The summed E-state index contributed by atoms with van der Waals surface area (Å²) in [5.41, 5.74) is 1.29. The van der Waals surface area contributed by atoms with Gasteiger partial charge in [-0.15, -0.1) is 0 Å². The fourth-order valence-electron chi connectivity index (χ4n) is 6.58. The summed E-state index contributed by atoms with van der Waals surface area (Å²) in [7, 11) is 0. The number of halogens is 2. The highest BCUT2D eigenvalue weighted by atomic mass is 19.3. The Balaban J connectivity index is 1.53. The van der Waals surface area contributed by atoms with Crippen LogP contribution < -0.4 is 0 Å². The SMILES string of the molecule is C=C(C)C(=O)OCC(CO)c1ccc(C(F)(F)OC2CCC(C3CCC(CCCCC)CC3)CC2)c(CC)c1. The van der Waals surface area contributed by atoms with Crippen LogP contribution in [0.1, 0.15) is 120 Å². The first kappa shape index (κ1) is 31.7. The molecular weight excluding hydrogens is 498 g/mol. The zero-order valence-corrected chi connectivity index (χ0v) is 24.4. The minimum Gasteiger partial charge on any atom is -0.462 e. The molecule has 0 radical (unpaired) electrons. The fraction of sp³-hybridized carbons (Fsp3) is 0.727. The van der Waals surface area contributed by atoms with Gasteiger partial charge in [0.25, 0.3) is 0 Å². The van der Waals surface area contributed by atoms with Gasteiger partial charge in [-0.2, -0.15) is 8.78 Å². The monoisotopic (exact) mass is 548 g/mol. The van der Waals surface area contributed by atoms with Crippen LogP contribution in [0.25, 0.3) is 0 Å². The predicted molar refractivity (Wildman–Crippen MR) is 152 cm³/mol. The summed E-state index contributed by atoms with van der Waals surface area (Å²) in [5.74, 6) is 1.26. The van der Waals surface area contributed by atoms with Gasteiger partial charge >= 0.3 is 12.1 Å². The molecule has 2 saturated carbocycles. The molecule has 1 unspecified atom stereocenters. The third-order valence-electron chi connectivity index (χ3n) is 9.09. The lowest BCUT2D eigenvalue weighted by Gasteiger charge is -2.38. The molecule has 2 aliphatic carbocycles. The van der Waals surface area contributed by atoms with Crippen molar-refractivity contribution in [3.63, 3.8) is 0 Å². The van der Waals surface area contributed by atoms with E-state index < -0.39 is 24.1 Å². The Labute approximate surface area is 234 Å². The van der Waals surface area contributed by atoms with E-state index in [1.165, 1.54) is 57.4 Å². The van der Waals surface area contributed by atoms with Gasteiger partial charge in [-0.25, -0.2) is 4.79 Å². The molecule has 2 aliphatic rings. The van der Waals surface area contributed by atoms with E-state index in [4.69, 9.17) is 9.47 Å².